The Labute approximate surface area is 117 Å². The molecule has 0 fully saturated rings. The minimum atomic E-state index is -0.283. The van der Waals surface area contributed by atoms with Gasteiger partial charge in [0.25, 0.3) is 0 Å². The van der Waals surface area contributed by atoms with Crippen molar-refractivity contribution in [2.75, 3.05) is 0 Å². The van der Waals surface area contributed by atoms with E-state index >= 15 is 0 Å². The van der Waals surface area contributed by atoms with Gasteiger partial charge >= 0.3 is 5.63 Å². The van der Waals surface area contributed by atoms with E-state index in [0.717, 1.165) is 17.4 Å². The molecule has 0 aliphatic rings. The number of fused-ring (bicyclic) bond motifs is 1. The molecule has 20 heavy (non-hydrogen) atoms. The van der Waals surface area contributed by atoms with E-state index in [2.05, 4.69) is 13.0 Å². The van der Waals surface area contributed by atoms with E-state index in [9.17, 15) is 4.79 Å². The highest BCUT2D eigenvalue weighted by Crippen LogP contribution is 2.22. The van der Waals surface area contributed by atoms with Crippen LogP contribution in [0.2, 0.25) is 0 Å². The lowest BCUT2D eigenvalue weighted by Crippen LogP contribution is -2.02. The van der Waals surface area contributed by atoms with E-state index in [1.165, 1.54) is 11.1 Å². The SMILES string of the molecule is CCc1ccc2cc(-c3ccc(C)cc3)c(=O)oc2c1. The summed E-state index contributed by atoms with van der Waals surface area (Å²) in [5.41, 5.74) is 4.22. The van der Waals surface area contributed by atoms with E-state index < -0.39 is 0 Å². The van der Waals surface area contributed by atoms with Crippen LogP contribution in [-0.4, -0.2) is 0 Å². The highest BCUT2D eigenvalue weighted by Gasteiger charge is 2.08. The minimum Gasteiger partial charge on any atom is -0.422 e. The molecule has 100 valence electrons. The standard InChI is InChI=1S/C18H16O2/c1-3-13-6-9-15-11-16(18(19)20-17(15)10-13)14-7-4-12(2)5-8-14/h4-11H,3H2,1-2H3. The first-order valence-electron chi connectivity index (χ1n) is 6.81. The van der Waals surface area contributed by atoms with Crippen molar-refractivity contribution in [3.63, 3.8) is 0 Å². The number of benzene rings is 2. The van der Waals surface area contributed by atoms with Gasteiger partial charge in [-0.25, -0.2) is 4.79 Å². The number of hydrogen-bond donors (Lipinski definition) is 0. The molecule has 0 spiro atoms. The van der Waals surface area contributed by atoms with Crippen LogP contribution in [0.1, 0.15) is 18.1 Å². The van der Waals surface area contributed by atoms with Crippen LogP contribution < -0.4 is 5.63 Å². The molecule has 2 nitrogen and oxygen atoms in total. The van der Waals surface area contributed by atoms with E-state index in [0.29, 0.717) is 11.1 Å². The Kier molecular flexibility index (Phi) is 3.15. The van der Waals surface area contributed by atoms with Gasteiger partial charge in [-0.1, -0.05) is 48.9 Å². The summed E-state index contributed by atoms with van der Waals surface area (Å²) in [7, 11) is 0. The largest absolute Gasteiger partial charge is 0.422 e. The molecule has 2 aromatic carbocycles. The Balaban J connectivity index is 2.20. The Hall–Kier alpha value is -2.35. The van der Waals surface area contributed by atoms with Crippen molar-refractivity contribution < 1.29 is 4.42 Å². The maximum atomic E-state index is 12.2. The van der Waals surface area contributed by atoms with Crippen LogP contribution in [0.15, 0.2) is 57.7 Å². The Morgan fingerprint density at radius 2 is 1.75 bits per heavy atom. The molecule has 3 aromatic rings. The normalized spacial score (nSPS) is 10.9. The first kappa shape index (κ1) is 12.7. The van der Waals surface area contributed by atoms with Gasteiger partial charge in [-0.05, 0) is 36.6 Å². The lowest BCUT2D eigenvalue weighted by molar-refractivity contribution is 0.563. The van der Waals surface area contributed by atoms with E-state index in [1.807, 2.05) is 49.4 Å². The summed E-state index contributed by atoms with van der Waals surface area (Å²) < 4.78 is 5.46. The lowest BCUT2D eigenvalue weighted by Gasteiger charge is -2.04. The Morgan fingerprint density at radius 3 is 2.45 bits per heavy atom. The molecule has 1 heterocycles. The lowest BCUT2D eigenvalue weighted by atomic mass is 10.0. The molecular weight excluding hydrogens is 248 g/mol. The predicted molar refractivity (Wildman–Crippen MR) is 82.0 cm³/mol. The van der Waals surface area contributed by atoms with Gasteiger partial charge in [0.15, 0.2) is 0 Å². The molecule has 3 rings (SSSR count). The third-order valence-corrected chi connectivity index (χ3v) is 3.57. The summed E-state index contributed by atoms with van der Waals surface area (Å²) in [5.74, 6) is 0. The maximum Gasteiger partial charge on any atom is 0.344 e. The molecule has 0 saturated carbocycles. The fourth-order valence-electron chi connectivity index (χ4n) is 2.31. The number of aryl methyl sites for hydroxylation is 2. The summed E-state index contributed by atoms with van der Waals surface area (Å²) in [6.45, 7) is 4.11. The van der Waals surface area contributed by atoms with Crippen molar-refractivity contribution >= 4 is 11.0 Å². The van der Waals surface area contributed by atoms with Crippen molar-refractivity contribution in [3.05, 3.63) is 70.1 Å². The molecule has 0 saturated heterocycles. The van der Waals surface area contributed by atoms with Crippen LogP contribution in [0, 0.1) is 6.92 Å². The van der Waals surface area contributed by atoms with Gasteiger partial charge in [0.05, 0.1) is 5.56 Å². The minimum absolute atomic E-state index is 0.283. The van der Waals surface area contributed by atoms with Gasteiger partial charge < -0.3 is 4.42 Å². The zero-order valence-corrected chi connectivity index (χ0v) is 11.6. The van der Waals surface area contributed by atoms with Crippen molar-refractivity contribution in [3.8, 4) is 11.1 Å². The summed E-state index contributed by atoms with van der Waals surface area (Å²) in [6, 6.07) is 15.8. The van der Waals surface area contributed by atoms with Crippen LogP contribution in [-0.2, 0) is 6.42 Å². The second kappa shape index (κ2) is 4.97. The number of hydrogen-bond acceptors (Lipinski definition) is 2. The van der Waals surface area contributed by atoms with Gasteiger partial charge in [-0.3, -0.25) is 0 Å². The topological polar surface area (TPSA) is 30.2 Å². The second-order valence-electron chi connectivity index (χ2n) is 5.04. The molecule has 0 aliphatic carbocycles. The van der Waals surface area contributed by atoms with Gasteiger partial charge in [0.1, 0.15) is 5.58 Å². The molecule has 0 atom stereocenters. The first-order chi connectivity index (χ1) is 9.67. The van der Waals surface area contributed by atoms with Crippen LogP contribution >= 0.6 is 0 Å². The molecule has 0 radical (unpaired) electrons. The maximum absolute atomic E-state index is 12.2. The van der Waals surface area contributed by atoms with E-state index in [4.69, 9.17) is 4.42 Å². The highest BCUT2D eigenvalue weighted by atomic mass is 16.4. The monoisotopic (exact) mass is 264 g/mol. The first-order valence-corrected chi connectivity index (χ1v) is 6.81. The van der Waals surface area contributed by atoms with Crippen LogP contribution in [0.25, 0.3) is 22.1 Å². The van der Waals surface area contributed by atoms with Crippen molar-refractivity contribution in [1.29, 1.82) is 0 Å². The number of rotatable bonds is 2. The quantitative estimate of drug-likeness (QED) is 0.645. The van der Waals surface area contributed by atoms with Gasteiger partial charge in [-0.2, -0.15) is 0 Å². The Morgan fingerprint density at radius 1 is 1.00 bits per heavy atom. The van der Waals surface area contributed by atoms with Crippen LogP contribution in [0.4, 0.5) is 0 Å². The highest BCUT2D eigenvalue weighted by molar-refractivity contribution is 5.82. The fraction of sp³-hybridized carbons (Fsp3) is 0.167. The zero-order valence-electron chi connectivity index (χ0n) is 11.6. The molecule has 0 bridgehead atoms. The predicted octanol–water partition coefficient (Wildman–Crippen LogP) is 4.33. The Bertz CT molecular complexity index is 811. The molecule has 1 aromatic heterocycles. The summed E-state index contributed by atoms with van der Waals surface area (Å²) in [6.07, 6.45) is 0.930. The van der Waals surface area contributed by atoms with Crippen molar-refractivity contribution in [1.82, 2.24) is 0 Å². The smallest absolute Gasteiger partial charge is 0.344 e. The zero-order chi connectivity index (χ0) is 14.1. The van der Waals surface area contributed by atoms with Crippen molar-refractivity contribution in [2.45, 2.75) is 20.3 Å². The summed E-state index contributed by atoms with van der Waals surface area (Å²) in [5, 5.41) is 0.956. The molecule has 0 unspecified atom stereocenters. The fourth-order valence-corrected chi connectivity index (χ4v) is 2.31. The average Bonchev–Trinajstić information content (AvgIpc) is 2.47. The van der Waals surface area contributed by atoms with Gasteiger partial charge in [0, 0.05) is 5.39 Å². The molecular formula is C18H16O2. The summed E-state index contributed by atoms with van der Waals surface area (Å²) in [4.78, 5) is 12.2. The van der Waals surface area contributed by atoms with Crippen LogP contribution in [0.3, 0.4) is 0 Å². The molecule has 0 aliphatic heterocycles. The second-order valence-corrected chi connectivity index (χ2v) is 5.04. The van der Waals surface area contributed by atoms with E-state index in [1.54, 1.807) is 0 Å². The van der Waals surface area contributed by atoms with Crippen molar-refractivity contribution in [2.24, 2.45) is 0 Å². The third-order valence-electron chi connectivity index (χ3n) is 3.57. The molecule has 0 amide bonds. The van der Waals surface area contributed by atoms with Gasteiger partial charge in [-0.15, -0.1) is 0 Å². The van der Waals surface area contributed by atoms with E-state index in [-0.39, 0.29) is 5.63 Å². The summed E-state index contributed by atoms with van der Waals surface area (Å²) >= 11 is 0. The molecule has 2 heteroatoms. The average molecular weight is 264 g/mol. The van der Waals surface area contributed by atoms with Gasteiger partial charge in [0.2, 0.25) is 0 Å². The third kappa shape index (κ3) is 2.25. The molecule has 0 N–H and O–H groups in total. The van der Waals surface area contributed by atoms with Crippen LogP contribution in [0.5, 0.6) is 0 Å².